The molecule has 1 atom stereocenters. The molecule has 0 aliphatic carbocycles. The minimum absolute atomic E-state index is 0.164. The summed E-state index contributed by atoms with van der Waals surface area (Å²) < 4.78 is 10.1. The summed E-state index contributed by atoms with van der Waals surface area (Å²) in [7, 11) is 1.54. The van der Waals surface area contributed by atoms with E-state index in [-0.39, 0.29) is 23.6 Å². The lowest BCUT2D eigenvalue weighted by Crippen LogP contribution is -2.47. The number of esters is 1. The summed E-state index contributed by atoms with van der Waals surface area (Å²) in [6, 6.07) is 5.82. The van der Waals surface area contributed by atoms with Gasteiger partial charge in [0.05, 0.1) is 19.4 Å². The van der Waals surface area contributed by atoms with Crippen LogP contribution in [0.3, 0.4) is 0 Å². The number of carbonyl (C=O) groups excluding carboxylic acids is 3. The van der Waals surface area contributed by atoms with E-state index >= 15 is 0 Å². The second kappa shape index (κ2) is 10.0. The van der Waals surface area contributed by atoms with Gasteiger partial charge >= 0.3 is 5.97 Å². The zero-order chi connectivity index (χ0) is 21.6. The Morgan fingerprint density at radius 3 is 2.38 bits per heavy atom. The molecule has 0 aliphatic heterocycles. The second-order valence-electron chi connectivity index (χ2n) is 6.57. The van der Waals surface area contributed by atoms with Crippen LogP contribution in [-0.4, -0.2) is 42.5 Å². The number of nitrogens with one attached hydrogen (secondary N) is 2. The Morgan fingerprint density at radius 1 is 1.17 bits per heavy atom. The van der Waals surface area contributed by atoms with Crippen LogP contribution in [-0.2, 0) is 9.53 Å². The number of anilines is 1. The predicted octanol–water partition coefficient (Wildman–Crippen LogP) is 3.03. The number of benzene rings is 1. The molecule has 1 heterocycles. The Balaban J connectivity index is 2.10. The van der Waals surface area contributed by atoms with Crippen molar-refractivity contribution in [3.63, 3.8) is 0 Å². The predicted molar refractivity (Wildman–Crippen MR) is 111 cm³/mol. The number of ether oxygens (including phenoxy) is 2. The van der Waals surface area contributed by atoms with Gasteiger partial charge in [-0.05, 0) is 44.0 Å². The molecule has 0 saturated carbocycles. The number of thiazole rings is 1. The largest absolute Gasteiger partial charge is 0.497 e. The first-order valence-electron chi connectivity index (χ1n) is 9.17. The number of carbonyl (C=O) groups is 3. The minimum Gasteiger partial charge on any atom is -0.497 e. The van der Waals surface area contributed by atoms with E-state index in [1.807, 2.05) is 13.8 Å². The van der Waals surface area contributed by atoms with Crippen LogP contribution in [0.1, 0.15) is 46.5 Å². The second-order valence-corrected chi connectivity index (χ2v) is 7.57. The molecule has 0 bridgehead atoms. The number of amides is 2. The maximum atomic E-state index is 12.7. The van der Waals surface area contributed by atoms with E-state index < -0.39 is 17.9 Å². The fraction of sp³-hybridized carbons (Fsp3) is 0.400. The molecule has 9 heteroatoms. The maximum absolute atomic E-state index is 12.7. The Hall–Kier alpha value is -2.94. The first kappa shape index (κ1) is 22.4. The molecule has 1 aromatic carbocycles. The number of rotatable bonds is 8. The van der Waals surface area contributed by atoms with E-state index in [4.69, 9.17) is 9.47 Å². The van der Waals surface area contributed by atoms with E-state index in [0.717, 1.165) is 11.3 Å². The van der Waals surface area contributed by atoms with Crippen molar-refractivity contribution >= 4 is 34.3 Å². The third-order valence-corrected chi connectivity index (χ3v) is 5.13. The van der Waals surface area contributed by atoms with E-state index in [2.05, 4.69) is 15.6 Å². The number of nitrogens with zero attached hydrogens (tertiary/aromatic N) is 1. The summed E-state index contributed by atoms with van der Waals surface area (Å²) in [5.74, 6) is -0.787. The van der Waals surface area contributed by atoms with E-state index in [1.165, 1.54) is 0 Å². The SMILES string of the molecule is CCOC(=O)c1sc(NC(=O)[C@@H](NC(=O)c2ccc(OC)cc2)C(C)C)nc1C. The summed E-state index contributed by atoms with van der Waals surface area (Å²) in [6.45, 7) is 7.30. The van der Waals surface area contributed by atoms with Gasteiger partial charge in [-0.25, -0.2) is 9.78 Å². The summed E-state index contributed by atoms with van der Waals surface area (Å²) in [5.41, 5.74) is 0.894. The molecule has 1 aromatic heterocycles. The highest BCUT2D eigenvalue weighted by Gasteiger charge is 2.26. The summed E-state index contributed by atoms with van der Waals surface area (Å²) in [6.07, 6.45) is 0. The van der Waals surface area contributed by atoms with Crippen molar-refractivity contribution in [2.45, 2.75) is 33.7 Å². The minimum atomic E-state index is -0.778. The number of hydrogen-bond acceptors (Lipinski definition) is 7. The van der Waals surface area contributed by atoms with Gasteiger partial charge in [-0.15, -0.1) is 0 Å². The molecule has 0 spiro atoms. The van der Waals surface area contributed by atoms with Crippen molar-refractivity contribution in [1.29, 1.82) is 0 Å². The monoisotopic (exact) mass is 419 g/mol. The Morgan fingerprint density at radius 2 is 1.83 bits per heavy atom. The highest BCUT2D eigenvalue weighted by molar-refractivity contribution is 7.17. The topological polar surface area (TPSA) is 107 Å². The summed E-state index contributed by atoms with van der Waals surface area (Å²) >= 11 is 1.04. The molecule has 29 heavy (non-hydrogen) atoms. The van der Waals surface area contributed by atoms with Gasteiger partial charge in [0.15, 0.2) is 5.13 Å². The van der Waals surface area contributed by atoms with E-state index in [1.54, 1.807) is 45.2 Å². The zero-order valence-corrected chi connectivity index (χ0v) is 17.9. The zero-order valence-electron chi connectivity index (χ0n) is 17.1. The first-order valence-corrected chi connectivity index (χ1v) is 9.98. The van der Waals surface area contributed by atoms with Crippen LogP contribution in [0.25, 0.3) is 0 Å². The fourth-order valence-electron chi connectivity index (χ4n) is 2.52. The van der Waals surface area contributed by atoms with Crippen molar-refractivity contribution in [2.24, 2.45) is 5.92 Å². The van der Waals surface area contributed by atoms with Gasteiger partial charge in [0.2, 0.25) is 5.91 Å². The van der Waals surface area contributed by atoms with Gasteiger partial charge in [-0.2, -0.15) is 0 Å². The molecule has 2 aromatic rings. The molecule has 0 saturated heterocycles. The van der Waals surface area contributed by atoms with Crippen LogP contribution in [0.15, 0.2) is 24.3 Å². The van der Waals surface area contributed by atoms with Crippen LogP contribution < -0.4 is 15.4 Å². The van der Waals surface area contributed by atoms with E-state index in [9.17, 15) is 14.4 Å². The first-order chi connectivity index (χ1) is 13.8. The quantitative estimate of drug-likeness (QED) is 0.637. The molecule has 0 unspecified atom stereocenters. The molecule has 0 fully saturated rings. The average Bonchev–Trinajstić information content (AvgIpc) is 3.05. The van der Waals surface area contributed by atoms with Crippen LogP contribution in [0.2, 0.25) is 0 Å². The van der Waals surface area contributed by atoms with Crippen molar-refractivity contribution < 1.29 is 23.9 Å². The molecule has 2 amide bonds. The fourth-order valence-corrected chi connectivity index (χ4v) is 3.38. The Kier molecular flexibility index (Phi) is 7.72. The number of aryl methyl sites for hydroxylation is 1. The lowest BCUT2D eigenvalue weighted by atomic mass is 10.0. The number of methoxy groups -OCH3 is 1. The third kappa shape index (κ3) is 5.77. The molecule has 0 radical (unpaired) electrons. The van der Waals surface area contributed by atoms with Gasteiger partial charge < -0.3 is 20.1 Å². The van der Waals surface area contributed by atoms with Crippen LogP contribution in [0.4, 0.5) is 5.13 Å². The van der Waals surface area contributed by atoms with Crippen LogP contribution in [0, 0.1) is 12.8 Å². The molecule has 2 N–H and O–H groups in total. The van der Waals surface area contributed by atoms with Crippen molar-refractivity contribution in [3.8, 4) is 5.75 Å². The third-order valence-electron chi connectivity index (χ3n) is 4.08. The summed E-state index contributed by atoms with van der Waals surface area (Å²) in [5, 5.41) is 5.71. The van der Waals surface area contributed by atoms with Gasteiger partial charge in [0.1, 0.15) is 16.7 Å². The smallest absolute Gasteiger partial charge is 0.350 e. The van der Waals surface area contributed by atoms with Gasteiger partial charge in [0, 0.05) is 5.56 Å². The number of hydrogen-bond donors (Lipinski definition) is 2. The normalized spacial score (nSPS) is 11.7. The lowest BCUT2D eigenvalue weighted by Gasteiger charge is -2.21. The Bertz CT molecular complexity index is 877. The molecule has 0 aliphatic rings. The molecular formula is C20H25N3O5S. The number of aromatic nitrogens is 1. The van der Waals surface area contributed by atoms with Crippen molar-refractivity contribution in [3.05, 3.63) is 40.4 Å². The Labute approximate surface area is 173 Å². The highest BCUT2D eigenvalue weighted by Crippen LogP contribution is 2.24. The van der Waals surface area contributed by atoms with Gasteiger partial charge in [-0.1, -0.05) is 25.2 Å². The van der Waals surface area contributed by atoms with Crippen molar-refractivity contribution in [1.82, 2.24) is 10.3 Å². The summed E-state index contributed by atoms with van der Waals surface area (Å²) in [4.78, 5) is 41.7. The van der Waals surface area contributed by atoms with Gasteiger partial charge in [0.25, 0.3) is 5.91 Å². The average molecular weight is 420 g/mol. The molecule has 8 nitrogen and oxygen atoms in total. The van der Waals surface area contributed by atoms with Gasteiger partial charge in [-0.3, -0.25) is 9.59 Å². The van der Waals surface area contributed by atoms with E-state index in [0.29, 0.717) is 21.9 Å². The van der Waals surface area contributed by atoms with Crippen LogP contribution in [0.5, 0.6) is 5.75 Å². The molecular weight excluding hydrogens is 394 g/mol. The standard InChI is InChI=1S/C20H25N3O5S/c1-6-28-19(26)16-12(4)21-20(29-16)23-18(25)15(11(2)3)22-17(24)13-7-9-14(27-5)10-8-13/h7-11,15H,6H2,1-5H3,(H,22,24)(H,21,23,25)/t15-/m0/s1. The highest BCUT2D eigenvalue weighted by atomic mass is 32.1. The molecule has 156 valence electrons. The maximum Gasteiger partial charge on any atom is 0.350 e. The molecule has 2 rings (SSSR count). The van der Waals surface area contributed by atoms with Crippen molar-refractivity contribution in [2.75, 3.05) is 19.0 Å². The lowest BCUT2D eigenvalue weighted by molar-refractivity contribution is -0.118. The van der Waals surface area contributed by atoms with Crippen LogP contribution >= 0.6 is 11.3 Å².